The summed E-state index contributed by atoms with van der Waals surface area (Å²) >= 11 is 1.72. The Morgan fingerprint density at radius 3 is 2.73 bits per heavy atom. The van der Waals surface area contributed by atoms with E-state index in [-0.39, 0.29) is 6.04 Å². The van der Waals surface area contributed by atoms with Crippen molar-refractivity contribution in [1.29, 1.82) is 0 Å². The highest BCUT2D eigenvalue weighted by Crippen LogP contribution is 2.20. The molecule has 0 unspecified atom stereocenters. The minimum Gasteiger partial charge on any atom is -0.324 e. The quantitative estimate of drug-likeness (QED) is 0.739. The van der Waals surface area contributed by atoms with Crippen LogP contribution in [0.2, 0.25) is 0 Å². The van der Waals surface area contributed by atoms with Crippen molar-refractivity contribution in [2.24, 2.45) is 11.7 Å². The van der Waals surface area contributed by atoms with Gasteiger partial charge in [0.1, 0.15) is 0 Å². The zero-order valence-corrected chi connectivity index (χ0v) is 7.90. The van der Waals surface area contributed by atoms with Gasteiger partial charge < -0.3 is 5.73 Å². The minimum atomic E-state index is 0.237. The van der Waals surface area contributed by atoms with E-state index in [0.717, 1.165) is 6.42 Å². The molecule has 2 heteroatoms. The lowest BCUT2D eigenvalue weighted by Gasteiger charge is -2.11. The molecule has 1 heterocycles. The molecule has 0 spiro atoms. The standard InChI is InChI=1S/C9H15NS/c1-7(2)5-9(10)8-3-4-11-6-8/h3-4,6-7,9H,5,10H2,1-2H3/t9-/m0/s1. The average molecular weight is 169 g/mol. The normalized spacial score (nSPS) is 13.8. The molecule has 0 saturated carbocycles. The van der Waals surface area contributed by atoms with Crippen LogP contribution < -0.4 is 5.73 Å². The first-order valence-corrected chi connectivity index (χ1v) is 4.92. The number of thiophene rings is 1. The van der Waals surface area contributed by atoms with E-state index < -0.39 is 0 Å². The fourth-order valence-electron chi connectivity index (χ4n) is 1.13. The van der Waals surface area contributed by atoms with Crippen LogP contribution >= 0.6 is 11.3 Å². The van der Waals surface area contributed by atoms with E-state index in [2.05, 4.69) is 30.7 Å². The van der Waals surface area contributed by atoms with Crippen LogP contribution in [0.15, 0.2) is 16.8 Å². The van der Waals surface area contributed by atoms with Crippen molar-refractivity contribution in [3.63, 3.8) is 0 Å². The molecule has 1 rings (SSSR count). The van der Waals surface area contributed by atoms with Gasteiger partial charge in [-0.25, -0.2) is 0 Å². The molecule has 0 fully saturated rings. The number of nitrogens with two attached hydrogens (primary N) is 1. The molecule has 0 amide bonds. The first-order valence-electron chi connectivity index (χ1n) is 3.98. The number of rotatable bonds is 3. The van der Waals surface area contributed by atoms with Crippen LogP contribution in [0.25, 0.3) is 0 Å². The molecular weight excluding hydrogens is 154 g/mol. The summed E-state index contributed by atoms with van der Waals surface area (Å²) in [5, 5.41) is 4.21. The van der Waals surface area contributed by atoms with E-state index in [1.165, 1.54) is 5.56 Å². The third kappa shape index (κ3) is 2.64. The van der Waals surface area contributed by atoms with Gasteiger partial charge in [0.15, 0.2) is 0 Å². The van der Waals surface area contributed by atoms with Gasteiger partial charge in [-0.3, -0.25) is 0 Å². The van der Waals surface area contributed by atoms with E-state index in [9.17, 15) is 0 Å². The maximum Gasteiger partial charge on any atom is 0.0305 e. The van der Waals surface area contributed by atoms with Crippen LogP contribution in [0.3, 0.4) is 0 Å². The topological polar surface area (TPSA) is 26.0 Å². The first-order chi connectivity index (χ1) is 5.20. The molecule has 0 aliphatic carbocycles. The van der Waals surface area contributed by atoms with Crippen molar-refractivity contribution in [1.82, 2.24) is 0 Å². The molecule has 1 nitrogen and oxygen atoms in total. The predicted molar refractivity (Wildman–Crippen MR) is 50.7 cm³/mol. The van der Waals surface area contributed by atoms with Crippen LogP contribution in [0, 0.1) is 5.92 Å². The molecule has 0 saturated heterocycles. The van der Waals surface area contributed by atoms with Crippen molar-refractivity contribution in [3.8, 4) is 0 Å². The van der Waals surface area contributed by atoms with E-state index >= 15 is 0 Å². The summed E-state index contributed by atoms with van der Waals surface area (Å²) in [6.07, 6.45) is 1.08. The Morgan fingerprint density at radius 1 is 1.55 bits per heavy atom. The Kier molecular flexibility index (Phi) is 3.09. The molecule has 62 valence electrons. The molecule has 1 atom stereocenters. The highest BCUT2D eigenvalue weighted by Gasteiger charge is 2.07. The predicted octanol–water partition coefficient (Wildman–Crippen LogP) is 2.79. The van der Waals surface area contributed by atoms with Crippen molar-refractivity contribution in [2.75, 3.05) is 0 Å². The van der Waals surface area contributed by atoms with Crippen LogP contribution in [0.4, 0.5) is 0 Å². The molecule has 0 bridgehead atoms. The van der Waals surface area contributed by atoms with E-state index in [0.29, 0.717) is 5.92 Å². The summed E-state index contributed by atoms with van der Waals surface area (Å²) in [6, 6.07) is 2.35. The summed E-state index contributed by atoms with van der Waals surface area (Å²) in [5.74, 6) is 0.685. The fraction of sp³-hybridized carbons (Fsp3) is 0.556. The molecule has 1 aromatic rings. The molecular formula is C9H15NS. The van der Waals surface area contributed by atoms with Gasteiger partial charge in [-0.1, -0.05) is 13.8 Å². The second-order valence-electron chi connectivity index (χ2n) is 3.29. The third-order valence-electron chi connectivity index (χ3n) is 1.70. The third-order valence-corrected chi connectivity index (χ3v) is 2.40. The lowest BCUT2D eigenvalue weighted by atomic mass is 10.0. The maximum atomic E-state index is 5.95. The van der Waals surface area contributed by atoms with Gasteiger partial charge in [0.05, 0.1) is 0 Å². The maximum absolute atomic E-state index is 5.95. The molecule has 0 aliphatic heterocycles. The Balaban J connectivity index is 2.49. The second-order valence-corrected chi connectivity index (χ2v) is 4.07. The van der Waals surface area contributed by atoms with Gasteiger partial charge in [0, 0.05) is 6.04 Å². The summed E-state index contributed by atoms with van der Waals surface area (Å²) in [4.78, 5) is 0. The number of hydrogen-bond acceptors (Lipinski definition) is 2. The van der Waals surface area contributed by atoms with Crippen LogP contribution in [0.1, 0.15) is 31.9 Å². The van der Waals surface area contributed by atoms with E-state index in [1.807, 2.05) is 0 Å². The molecule has 2 N–H and O–H groups in total. The Hall–Kier alpha value is -0.340. The minimum absolute atomic E-state index is 0.237. The van der Waals surface area contributed by atoms with Crippen molar-refractivity contribution in [2.45, 2.75) is 26.3 Å². The largest absolute Gasteiger partial charge is 0.324 e. The Morgan fingerprint density at radius 2 is 2.27 bits per heavy atom. The second kappa shape index (κ2) is 3.88. The first kappa shape index (κ1) is 8.75. The molecule has 0 aromatic carbocycles. The lowest BCUT2D eigenvalue weighted by Crippen LogP contribution is -2.11. The fourth-order valence-corrected chi connectivity index (χ4v) is 1.85. The summed E-state index contributed by atoms with van der Waals surface area (Å²) in [5.41, 5.74) is 7.23. The smallest absolute Gasteiger partial charge is 0.0305 e. The van der Waals surface area contributed by atoms with Crippen LogP contribution in [-0.2, 0) is 0 Å². The van der Waals surface area contributed by atoms with Gasteiger partial charge in [0.25, 0.3) is 0 Å². The van der Waals surface area contributed by atoms with Crippen molar-refractivity contribution in [3.05, 3.63) is 22.4 Å². The van der Waals surface area contributed by atoms with Gasteiger partial charge in [-0.2, -0.15) is 11.3 Å². The Bertz CT molecular complexity index is 191. The molecule has 0 radical (unpaired) electrons. The Labute approximate surface area is 72.2 Å². The monoisotopic (exact) mass is 169 g/mol. The molecule has 1 aromatic heterocycles. The summed E-state index contributed by atoms with van der Waals surface area (Å²) in [7, 11) is 0. The van der Waals surface area contributed by atoms with E-state index in [4.69, 9.17) is 5.73 Å². The lowest BCUT2D eigenvalue weighted by molar-refractivity contribution is 0.511. The van der Waals surface area contributed by atoms with Crippen LogP contribution in [-0.4, -0.2) is 0 Å². The average Bonchev–Trinajstić information content (AvgIpc) is 2.35. The molecule has 0 aliphatic rings. The number of hydrogen-bond donors (Lipinski definition) is 1. The van der Waals surface area contributed by atoms with Gasteiger partial charge in [0.2, 0.25) is 0 Å². The van der Waals surface area contributed by atoms with E-state index in [1.54, 1.807) is 11.3 Å². The molecule has 11 heavy (non-hydrogen) atoms. The summed E-state index contributed by atoms with van der Waals surface area (Å²) < 4.78 is 0. The zero-order valence-electron chi connectivity index (χ0n) is 7.08. The highest BCUT2D eigenvalue weighted by atomic mass is 32.1. The van der Waals surface area contributed by atoms with Crippen molar-refractivity contribution >= 4 is 11.3 Å². The SMILES string of the molecule is CC(C)C[C@H](N)c1ccsc1. The summed E-state index contributed by atoms with van der Waals surface area (Å²) in [6.45, 7) is 4.40. The van der Waals surface area contributed by atoms with Gasteiger partial charge in [-0.15, -0.1) is 0 Å². The highest BCUT2D eigenvalue weighted by molar-refractivity contribution is 7.07. The van der Waals surface area contributed by atoms with Gasteiger partial charge >= 0.3 is 0 Å². The zero-order chi connectivity index (χ0) is 8.27. The van der Waals surface area contributed by atoms with Crippen molar-refractivity contribution < 1.29 is 0 Å². The van der Waals surface area contributed by atoms with Gasteiger partial charge in [-0.05, 0) is 34.7 Å². The van der Waals surface area contributed by atoms with Crippen LogP contribution in [0.5, 0.6) is 0 Å².